The second kappa shape index (κ2) is 7.47. The van der Waals surface area contributed by atoms with Crippen molar-refractivity contribution in [2.45, 2.75) is 32.4 Å². The van der Waals surface area contributed by atoms with Gasteiger partial charge in [0.1, 0.15) is 11.9 Å². The molecular formula is C17H24N5O5+. The number of rotatable bonds is 7. The molecule has 10 nitrogen and oxygen atoms in total. The molecule has 0 saturated carbocycles. The maximum absolute atomic E-state index is 13.0. The Balaban J connectivity index is 1.89. The van der Waals surface area contributed by atoms with Gasteiger partial charge in [0, 0.05) is 33.7 Å². The highest BCUT2D eigenvalue weighted by Crippen LogP contribution is 2.29. The summed E-state index contributed by atoms with van der Waals surface area (Å²) in [5, 5.41) is 0. The van der Waals surface area contributed by atoms with E-state index in [0.29, 0.717) is 24.9 Å². The molecule has 1 aromatic rings. The van der Waals surface area contributed by atoms with Crippen LogP contribution in [0.4, 0.5) is 10.7 Å². The predicted molar refractivity (Wildman–Crippen MR) is 93.5 cm³/mol. The SMILES string of the molecule is COCCCn1c(C)c[n+]2c1N=C1C2C(=O)N(CCC(=O)OC)C(=O)N1C. The first-order valence-electron chi connectivity index (χ1n) is 8.75. The number of fused-ring (bicyclic) bond motifs is 3. The summed E-state index contributed by atoms with van der Waals surface area (Å²) in [5.41, 5.74) is 0.970. The highest BCUT2D eigenvalue weighted by molar-refractivity contribution is 6.19. The summed E-state index contributed by atoms with van der Waals surface area (Å²) < 4.78 is 13.5. The largest absolute Gasteiger partial charge is 0.469 e. The summed E-state index contributed by atoms with van der Waals surface area (Å²) in [4.78, 5) is 44.0. The van der Waals surface area contributed by atoms with E-state index >= 15 is 0 Å². The van der Waals surface area contributed by atoms with Crippen LogP contribution in [0.2, 0.25) is 0 Å². The summed E-state index contributed by atoms with van der Waals surface area (Å²) >= 11 is 0. The third kappa shape index (κ3) is 3.20. The molecule has 2 aliphatic heterocycles. The highest BCUT2D eigenvalue weighted by atomic mass is 16.5. The van der Waals surface area contributed by atoms with E-state index in [0.717, 1.165) is 17.0 Å². The molecule has 1 saturated heterocycles. The number of ether oxygens (including phenoxy) is 2. The van der Waals surface area contributed by atoms with Crippen LogP contribution in [-0.2, 0) is 25.6 Å². The molecule has 0 spiro atoms. The standard InChI is InChI=1S/C17H24N5O5/c1-11-10-22-13-14(18-16(22)20(11)7-5-9-26-3)19(2)17(25)21(15(13)24)8-6-12(23)27-4/h10,13H,5-9H2,1-4H3/q+1. The van der Waals surface area contributed by atoms with Crippen LogP contribution < -0.4 is 4.57 Å². The van der Waals surface area contributed by atoms with E-state index in [4.69, 9.17) is 4.74 Å². The van der Waals surface area contributed by atoms with Crippen molar-refractivity contribution in [3.8, 4) is 0 Å². The van der Waals surface area contributed by atoms with Gasteiger partial charge in [-0.05, 0) is 6.92 Å². The summed E-state index contributed by atoms with van der Waals surface area (Å²) in [6.07, 6.45) is 2.63. The summed E-state index contributed by atoms with van der Waals surface area (Å²) in [5.74, 6) is 0.164. The molecule has 1 atom stereocenters. The van der Waals surface area contributed by atoms with Crippen molar-refractivity contribution in [2.75, 3.05) is 34.4 Å². The van der Waals surface area contributed by atoms with Gasteiger partial charge >= 0.3 is 17.9 Å². The molecular weight excluding hydrogens is 354 g/mol. The lowest BCUT2D eigenvalue weighted by Gasteiger charge is -2.32. The molecule has 146 valence electrons. The van der Waals surface area contributed by atoms with E-state index in [2.05, 4.69) is 9.73 Å². The average Bonchev–Trinajstić information content (AvgIpc) is 3.15. The number of carbonyl (C=O) groups excluding carboxylic acids is 3. The van der Waals surface area contributed by atoms with Crippen molar-refractivity contribution in [3.05, 3.63) is 11.9 Å². The molecule has 10 heteroatoms. The summed E-state index contributed by atoms with van der Waals surface area (Å²) in [6, 6.07) is -1.20. The Labute approximate surface area is 157 Å². The number of carbonyl (C=O) groups is 3. The van der Waals surface area contributed by atoms with Crippen molar-refractivity contribution >= 4 is 29.7 Å². The van der Waals surface area contributed by atoms with E-state index in [1.165, 1.54) is 12.0 Å². The third-order valence-electron chi connectivity index (χ3n) is 4.82. The minimum atomic E-state index is -0.706. The first kappa shape index (κ1) is 19.0. The van der Waals surface area contributed by atoms with Crippen molar-refractivity contribution in [1.82, 2.24) is 14.4 Å². The maximum Gasteiger partial charge on any atom is 0.401 e. The lowest BCUT2D eigenvalue weighted by atomic mass is 10.1. The molecule has 0 N–H and O–H groups in total. The van der Waals surface area contributed by atoms with Crippen LogP contribution in [0.15, 0.2) is 11.2 Å². The van der Waals surface area contributed by atoms with Gasteiger partial charge in [-0.25, -0.2) is 13.9 Å². The van der Waals surface area contributed by atoms with Crippen LogP contribution in [0.3, 0.4) is 0 Å². The third-order valence-corrected chi connectivity index (χ3v) is 4.82. The van der Waals surface area contributed by atoms with Crippen LogP contribution >= 0.6 is 0 Å². The summed E-state index contributed by atoms with van der Waals surface area (Å²) in [6.45, 7) is 3.24. The van der Waals surface area contributed by atoms with Crippen molar-refractivity contribution < 1.29 is 28.4 Å². The number of imidazole rings is 1. The van der Waals surface area contributed by atoms with Crippen molar-refractivity contribution in [2.24, 2.45) is 4.99 Å². The van der Waals surface area contributed by atoms with E-state index in [1.807, 2.05) is 17.7 Å². The minimum Gasteiger partial charge on any atom is -0.469 e. The first-order chi connectivity index (χ1) is 12.9. The number of aromatic nitrogens is 2. The zero-order valence-corrected chi connectivity index (χ0v) is 16.0. The normalized spacial score (nSPS) is 18.5. The van der Waals surface area contributed by atoms with Gasteiger partial charge in [-0.3, -0.25) is 19.4 Å². The number of hydrogen-bond acceptors (Lipinski definition) is 6. The molecule has 0 aromatic carbocycles. The van der Waals surface area contributed by atoms with Gasteiger partial charge in [0.05, 0.1) is 20.1 Å². The van der Waals surface area contributed by atoms with Crippen LogP contribution in [0.25, 0.3) is 0 Å². The zero-order valence-electron chi connectivity index (χ0n) is 16.0. The maximum atomic E-state index is 13.0. The van der Waals surface area contributed by atoms with E-state index in [9.17, 15) is 14.4 Å². The number of hydrogen-bond donors (Lipinski definition) is 0. The van der Waals surface area contributed by atoms with Gasteiger partial charge in [-0.2, -0.15) is 0 Å². The lowest BCUT2D eigenvalue weighted by molar-refractivity contribution is -0.677. The highest BCUT2D eigenvalue weighted by Gasteiger charge is 2.53. The zero-order chi connectivity index (χ0) is 19.7. The number of likely N-dealkylation sites (N-methyl/N-ethyl adjacent to an activating group) is 1. The molecule has 0 bridgehead atoms. The fourth-order valence-electron chi connectivity index (χ4n) is 3.39. The molecule has 0 aliphatic carbocycles. The van der Waals surface area contributed by atoms with Gasteiger partial charge in [-0.15, -0.1) is 0 Å². The molecule has 1 fully saturated rings. The molecule has 1 aromatic heterocycles. The van der Waals surface area contributed by atoms with Gasteiger partial charge in [0.15, 0.2) is 0 Å². The van der Waals surface area contributed by atoms with E-state index in [1.54, 1.807) is 18.7 Å². The predicted octanol–water partition coefficient (Wildman–Crippen LogP) is 0.162. The summed E-state index contributed by atoms with van der Waals surface area (Å²) in [7, 11) is 4.51. The van der Waals surface area contributed by atoms with Crippen molar-refractivity contribution in [1.29, 1.82) is 0 Å². The lowest BCUT2D eigenvalue weighted by Crippen LogP contribution is -2.62. The Morgan fingerprint density at radius 1 is 1.30 bits per heavy atom. The minimum absolute atomic E-state index is 0.0259. The number of amidine groups is 1. The number of nitrogens with zero attached hydrogens (tertiary/aromatic N) is 5. The molecule has 3 amide bonds. The fraction of sp³-hybridized carbons (Fsp3) is 0.588. The molecule has 1 unspecified atom stereocenters. The number of urea groups is 1. The number of aliphatic imine (C=N–C) groups is 1. The smallest absolute Gasteiger partial charge is 0.401 e. The molecule has 3 rings (SSSR count). The van der Waals surface area contributed by atoms with E-state index < -0.39 is 23.9 Å². The number of imide groups is 1. The Bertz CT molecular complexity index is 815. The number of esters is 1. The molecule has 27 heavy (non-hydrogen) atoms. The quantitative estimate of drug-likeness (QED) is 0.383. The van der Waals surface area contributed by atoms with Gasteiger partial charge in [0.25, 0.3) is 5.91 Å². The number of amides is 3. The first-order valence-corrected chi connectivity index (χ1v) is 8.75. The van der Waals surface area contributed by atoms with Crippen LogP contribution in [0.5, 0.6) is 0 Å². The van der Waals surface area contributed by atoms with Crippen LogP contribution in [-0.4, -0.2) is 72.5 Å². The topological polar surface area (TPSA) is 97.3 Å². The Morgan fingerprint density at radius 2 is 2.04 bits per heavy atom. The number of aryl methyl sites for hydroxylation is 1. The second-order valence-electron chi connectivity index (χ2n) is 6.51. The fourth-order valence-corrected chi connectivity index (χ4v) is 3.39. The average molecular weight is 378 g/mol. The van der Waals surface area contributed by atoms with Gasteiger partial charge in [-0.1, -0.05) is 4.99 Å². The van der Waals surface area contributed by atoms with Gasteiger partial charge < -0.3 is 9.47 Å². The number of methoxy groups -OCH3 is 2. The molecule has 0 radical (unpaired) electrons. The Kier molecular flexibility index (Phi) is 5.26. The van der Waals surface area contributed by atoms with Gasteiger partial charge in [0.2, 0.25) is 11.9 Å². The van der Waals surface area contributed by atoms with Crippen LogP contribution in [0, 0.1) is 6.92 Å². The monoisotopic (exact) mass is 378 g/mol. The molecule has 3 heterocycles. The van der Waals surface area contributed by atoms with E-state index in [-0.39, 0.29) is 13.0 Å². The Hall–Kier alpha value is -2.75. The Morgan fingerprint density at radius 3 is 2.70 bits per heavy atom. The van der Waals surface area contributed by atoms with Crippen molar-refractivity contribution in [3.63, 3.8) is 0 Å². The van der Waals surface area contributed by atoms with Crippen LogP contribution in [0.1, 0.15) is 24.6 Å². The second-order valence-corrected chi connectivity index (χ2v) is 6.51. The molecule has 2 aliphatic rings.